The molecule has 0 aromatic carbocycles. The molecule has 0 aliphatic carbocycles. The zero-order valence-electron chi connectivity index (χ0n) is 7.87. The molecule has 0 bridgehead atoms. The van der Waals surface area contributed by atoms with Gasteiger partial charge < -0.3 is 5.32 Å². The SMILES string of the molecule is Clc1ncsc1C1NCCc2sccc21. The second kappa shape index (κ2) is 3.87. The minimum atomic E-state index is 0.250. The second-order valence-electron chi connectivity index (χ2n) is 3.44. The van der Waals surface area contributed by atoms with Crippen LogP contribution in [0.3, 0.4) is 0 Å². The minimum Gasteiger partial charge on any atom is -0.305 e. The molecule has 0 amide bonds. The van der Waals surface area contributed by atoms with Gasteiger partial charge in [-0.05, 0) is 23.4 Å². The van der Waals surface area contributed by atoms with E-state index >= 15 is 0 Å². The quantitative estimate of drug-likeness (QED) is 0.848. The molecular formula is C10H9ClN2S2. The van der Waals surface area contributed by atoms with Crippen LogP contribution < -0.4 is 5.32 Å². The number of fused-ring (bicyclic) bond motifs is 1. The molecule has 78 valence electrons. The van der Waals surface area contributed by atoms with Crippen molar-refractivity contribution >= 4 is 34.3 Å². The third-order valence-electron chi connectivity index (χ3n) is 2.60. The van der Waals surface area contributed by atoms with Crippen molar-refractivity contribution in [3.05, 3.63) is 37.4 Å². The van der Waals surface area contributed by atoms with Gasteiger partial charge in [-0.2, -0.15) is 0 Å². The van der Waals surface area contributed by atoms with Crippen LogP contribution in [0.1, 0.15) is 21.4 Å². The lowest BCUT2D eigenvalue weighted by Crippen LogP contribution is -2.29. The van der Waals surface area contributed by atoms with Gasteiger partial charge in [0.25, 0.3) is 0 Å². The zero-order valence-corrected chi connectivity index (χ0v) is 10.3. The molecule has 3 heterocycles. The van der Waals surface area contributed by atoms with Crippen molar-refractivity contribution in [3.63, 3.8) is 0 Å². The molecule has 15 heavy (non-hydrogen) atoms. The number of hydrogen-bond donors (Lipinski definition) is 1. The summed E-state index contributed by atoms with van der Waals surface area (Å²) in [6, 6.07) is 2.44. The first kappa shape index (κ1) is 9.78. The van der Waals surface area contributed by atoms with Crippen molar-refractivity contribution in [1.29, 1.82) is 0 Å². The summed E-state index contributed by atoms with van der Waals surface area (Å²) < 4.78 is 0. The standard InChI is InChI=1S/C10H9ClN2S2/c11-10-9(15-5-13-10)8-6-2-4-14-7(6)1-3-12-8/h2,4-5,8,12H,1,3H2. The number of aromatic nitrogens is 1. The highest BCUT2D eigenvalue weighted by Gasteiger charge is 2.25. The third-order valence-corrected chi connectivity index (χ3v) is 4.91. The molecule has 0 saturated heterocycles. The van der Waals surface area contributed by atoms with Crippen molar-refractivity contribution in [2.75, 3.05) is 6.54 Å². The van der Waals surface area contributed by atoms with E-state index in [0.29, 0.717) is 5.15 Å². The van der Waals surface area contributed by atoms with Crippen LogP contribution in [0.25, 0.3) is 0 Å². The van der Waals surface area contributed by atoms with Gasteiger partial charge in [-0.3, -0.25) is 0 Å². The predicted octanol–water partition coefficient (Wildman–Crippen LogP) is 3.09. The van der Waals surface area contributed by atoms with Crippen LogP contribution in [0.2, 0.25) is 5.15 Å². The maximum Gasteiger partial charge on any atom is 0.145 e. The molecule has 0 spiro atoms. The molecule has 1 atom stereocenters. The smallest absolute Gasteiger partial charge is 0.145 e. The summed E-state index contributed by atoms with van der Waals surface area (Å²) in [4.78, 5) is 6.71. The van der Waals surface area contributed by atoms with E-state index in [4.69, 9.17) is 11.6 Å². The Balaban J connectivity index is 2.07. The van der Waals surface area contributed by atoms with Gasteiger partial charge >= 0.3 is 0 Å². The molecule has 5 heteroatoms. The average Bonchev–Trinajstić information content (AvgIpc) is 2.85. The van der Waals surface area contributed by atoms with E-state index in [1.807, 2.05) is 11.3 Å². The van der Waals surface area contributed by atoms with Crippen LogP contribution in [0, 0.1) is 0 Å². The van der Waals surface area contributed by atoms with E-state index < -0.39 is 0 Å². The van der Waals surface area contributed by atoms with Crippen LogP contribution in [0.5, 0.6) is 0 Å². The third kappa shape index (κ3) is 1.61. The van der Waals surface area contributed by atoms with Gasteiger partial charge in [-0.15, -0.1) is 22.7 Å². The average molecular weight is 257 g/mol. The van der Waals surface area contributed by atoms with Crippen LogP contribution >= 0.6 is 34.3 Å². The van der Waals surface area contributed by atoms with Crippen LogP contribution in [-0.4, -0.2) is 11.5 Å². The highest BCUT2D eigenvalue weighted by Crippen LogP contribution is 2.36. The van der Waals surface area contributed by atoms with E-state index in [1.165, 1.54) is 10.4 Å². The van der Waals surface area contributed by atoms with Crippen molar-refractivity contribution in [1.82, 2.24) is 10.3 Å². The lowest BCUT2D eigenvalue weighted by Gasteiger charge is -2.23. The summed E-state index contributed by atoms with van der Waals surface area (Å²) >= 11 is 9.52. The molecule has 0 fully saturated rings. The highest BCUT2D eigenvalue weighted by molar-refractivity contribution is 7.10. The summed E-state index contributed by atoms with van der Waals surface area (Å²) in [5.41, 5.74) is 3.18. The van der Waals surface area contributed by atoms with E-state index in [2.05, 4.69) is 21.7 Å². The Morgan fingerprint density at radius 1 is 1.47 bits per heavy atom. The Hall–Kier alpha value is -0.420. The summed E-state index contributed by atoms with van der Waals surface area (Å²) in [5, 5.41) is 6.29. The van der Waals surface area contributed by atoms with Gasteiger partial charge in [0.15, 0.2) is 0 Å². The fraction of sp³-hybridized carbons (Fsp3) is 0.300. The topological polar surface area (TPSA) is 24.9 Å². The van der Waals surface area contributed by atoms with Crippen molar-refractivity contribution in [3.8, 4) is 0 Å². The van der Waals surface area contributed by atoms with Crippen molar-refractivity contribution in [2.24, 2.45) is 0 Å². The highest BCUT2D eigenvalue weighted by atomic mass is 35.5. The summed E-state index contributed by atoms with van der Waals surface area (Å²) in [6.07, 6.45) is 1.12. The van der Waals surface area contributed by atoms with Gasteiger partial charge in [0.05, 0.1) is 16.4 Å². The number of rotatable bonds is 1. The maximum absolute atomic E-state index is 6.07. The minimum absolute atomic E-state index is 0.250. The van der Waals surface area contributed by atoms with E-state index in [9.17, 15) is 0 Å². The van der Waals surface area contributed by atoms with Gasteiger partial charge in [0.1, 0.15) is 5.15 Å². The Morgan fingerprint density at radius 2 is 2.40 bits per heavy atom. The first-order valence-corrected chi connectivity index (χ1v) is 6.88. The van der Waals surface area contributed by atoms with Crippen molar-refractivity contribution < 1.29 is 0 Å². The van der Waals surface area contributed by atoms with E-state index in [-0.39, 0.29) is 6.04 Å². The number of thiophene rings is 1. The largest absolute Gasteiger partial charge is 0.305 e. The fourth-order valence-corrected chi connectivity index (χ4v) is 3.95. The second-order valence-corrected chi connectivity index (χ2v) is 5.69. The van der Waals surface area contributed by atoms with Crippen LogP contribution in [-0.2, 0) is 6.42 Å². The Labute approximate surface area is 101 Å². The fourth-order valence-electron chi connectivity index (χ4n) is 1.91. The van der Waals surface area contributed by atoms with Gasteiger partial charge in [-0.25, -0.2) is 4.98 Å². The molecular weight excluding hydrogens is 248 g/mol. The maximum atomic E-state index is 6.07. The van der Waals surface area contributed by atoms with E-state index in [1.54, 1.807) is 16.8 Å². The first-order chi connectivity index (χ1) is 7.36. The summed E-state index contributed by atoms with van der Waals surface area (Å²) in [7, 11) is 0. The molecule has 0 radical (unpaired) electrons. The molecule has 2 nitrogen and oxygen atoms in total. The summed E-state index contributed by atoms with van der Waals surface area (Å²) in [6.45, 7) is 1.02. The molecule has 3 rings (SSSR count). The van der Waals surface area contributed by atoms with Crippen LogP contribution in [0.15, 0.2) is 17.0 Å². The normalized spacial score (nSPS) is 20.2. The van der Waals surface area contributed by atoms with Gasteiger partial charge in [0.2, 0.25) is 0 Å². The molecule has 2 aromatic rings. The molecule has 1 aliphatic heterocycles. The number of nitrogens with one attached hydrogen (secondary N) is 1. The summed E-state index contributed by atoms with van der Waals surface area (Å²) in [5.74, 6) is 0. The zero-order chi connectivity index (χ0) is 10.3. The predicted molar refractivity (Wildman–Crippen MR) is 65.0 cm³/mol. The number of nitrogens with zero attached hydrogens (tertiary/aromatic N) is 1. The Bertz CT molecular complexity index is 477. The van der Waals surface area contributed by atoms with Gasteiger partial charge in [-0.1, -0.05) is 11.6 Å². The molecule has 1 unspecified atom stereocenters. The van der Waals surface area contributed by atoms with Gasteiger partial charge in [0, 0.05) is 11.4 Å². The van der Waals surface area contributed by atoms with Crippen LogP contribution in [0.4, 0.5) is 0 Å². The number of thiazole rings is 1. The molecule has 1 aliphatic rings. The molecule has 0 saturated carbocycles. The number of hydrogen-bond acceptors (Lipinski definition) is 4. The lowest BCUT2D eigenvalue weighted by molar-refractivity contribution is 0.581. The first-order valence-electron chi connectivity index (χ1n) is 4.75. The Kier molecular flexibility index (Phi) is 2.52. The monoisotopic (exact) mass is 256 g/mol. The van der Waals surface area contributed by atoms with E-state index in [0.717, 1.165) is 17.8 Å². The van der Waals surface area contributed by atoms with Crippen molar-refractivity contribution in [2.45, 2.75) is 12.5 Å². The molecule has 2 aromatic heterocycles. The lowest BCUT2D eigenvalue weighted by atomic mass is 10.0. The molecule has 1 N–H and O–H groups in total. The Morgan fingerprint density at radius 3 is 3.20 bits per heavy atom. The number of halogens is 1.